The molecule has 0 aliphatic heterocycles. The topological polar surface area (TPSA) is 36.9 Å². The molecule has 0 aliphatic carbocycles. The van der Waals surface area contributed by atoms with Gasteiger partial charge in [-0.25, -0.2) is 0 Å². The van der Waals surface area contributed by atoms with Crippen LogP contribution in [0.3, 0.4) is 0 Å². The molecule has 0 bridgehead atoms. The Bertz CT molecular complexity index is 739. The summed E-state index contributed by atoms with van der Waals surface area (Å²) in [5.41, 5.74) is 3.39. The van der Waals surface area contributed by atoms with Gasteiger partial charge >= 0.3 is 0 Å². The molecule has 4 nitrogen and oxygen atoms in total. The van der Waals surface area contributed by atoms with Gasteiger partial charge in [0.25, 0.3) is 0 Å². The van der Waals surface area contributed by atoms with Crippen molar-refractivity contribution in [1.82, 2.24) is 14.8 Å². The maximum absolute atomic E-state index is 4.35. The highest BCUT2D eigenvalue weighted by molar-refractivity contribution is 9.10. The first-order valence-corrected chi connectivity index (χ1v) is 6.84. The maximum Gasteiger partial charge on any atom is 0.164 e. The summed E-state index contributed by atoms with van der Waals surface area (Å²) in [7, 11) is 6.02. The van der Waals surface area contributed by atoms with Crippen molar-refractivity contribution >= 4 is 32.7 Å². The number of para-hydroxylation sites is 1. The monoisotopic (exact) mass is 318 g/mol. The number of aromatic amines is 1. The number of aryl methyl sites for hydroxylation is 1. The van der Waals surface area contributed by atoms with E-state index >= 15 is 0 Å². The Labute approximate surface area is 120 Å². The number of hydrogen-bond donors (Lipinski definition) is 1. The molecule has 19 heavy (non-hydrogen) atoms. The van der Waals surface area contributed by atoms with Gasteiger partial charge in [-0.2, -0.15) is 5.10 Å². The van der Waals surface area contributed by atoms with Crippen LogP contribution in [0.1, 0.15) is 0 Å². The Balaban J connectivity index is 2.25. The van der Waals surface area contributed by atoms with E-state index in [1.165, 1.54) is 10.9 Å². The second-order valence-corrected chi connectivity index (χ2v) is 5.59. The van der Waals surface area contributed by atoms with Crippen molar-refractivity contribution in [3.05, 3.63) is 34.9 Å². The molecule has 0 aliphatic rings. The molecule has 2 aromatic heterocycles. The van der Waals surface area contributed by atoms with Crippen molar-refractivity contribution in [3.63, 3.8) is 0 Å². The summed E-state index contributed by atoms with van der Waals surface area (Å²) in [6.45, 7) is 0. The van der Waals surface area contributed by atoms with Crippen LogP contribution in [0.5, 0.6) is 0 Å². The van der Waals surface area contributed by atoms with Gasteiger partial charge in [-0.05, 0) is 22.0 Å². The van der Waals surface area contributed by atoms with Crippen molar-refractivity contribution < 1.29 is 0 Å². The standard InChI is InChI=1S/C14H15BrN4/c1-18(2)14-12(15)13(16-17-14)10-8-19(3)11-7-5-4-6-9(10)11/h4-8H,1-3H3,(H,16,17). The van der Waals surface area contributed by atoms with Crippen molar-refractivity contribution in [3.8, 4) is 11.3 Å². The predicted molar refractivity (Wildman–Crippen MR) is 82.5 cm³/mol. The van der Waals surface area contributed by atoms with E-state index in [2.05, 4.69) is 68.2 Å². The smallest absolute Gasteiger partial charge is 0.164 e. The summed E-state index contributed by atoms with van der Waals surface area (Å²) in [6, 6.07) is 8.37. The van der Waals surface area contributed by atoms with Crippen LogP contribution in [-0.2, 0) is 7.05 Å². The fraction of sp³-hybridized carbons (Fsp3) is 0.214. The molecule has 0 spiro atoms. The number of aromatic nitrogens is 3. The number of nitrogens with zero attached hydrogens (tertiary/aromatic N) is 3. The molecule has 3 aromatic rings. The lowest BCUT2D eigenvalue weighted by atomic mass is 10.1. The van der Waals surface area contributed by atoms with Crippen LogP contribution in [0.25, 0.3) is 22.2 Å². The largest absolute Gasteiger partial charge is 0.360 e. The molecule has 0 fully saturated rings. The van der Waals surface area contributed by atoms with Crippen LogP contribution in [0.2, 0.25) is 0 Å². The highest BCUT2D eigenvalue weighted by Gasteiger charge is 2.17. The fourth-order valence-electron chi connectivity index (χ4n) is 2.33. The third kappa shape index (κ3) is 1.85. The minimum absolute atomic E-state index is 0.905. The van der Waals surface area contributed by atoms with Crippen molar-refractivity contribution in [1.29, 1.82) is 0 Å². The minimum atomic E-state index is 0.905. The number of anilines is 1. The molecular weight excluding hydrogens is 304 g/mol. The lowest BCUT2D eigenvalue weighted by Gasteiger charge is -2.07. The van der Waals surface area contributed by atoms with Gasteiger partial charge < -0.3 is 9.47 Å². The van der Waals surface area contributed by atoms with Gasteiger partial charge in [-0.1, -0.05) is 18.2 Å². The Morgan fingerprint density at radius 3 is 2.68 bits per heavy atom. The van der Waals surface area contributed by atoms with Gasteiger partial charge in [0.05, 0.1) is 10.2 Å². The van der Waals surface area contributed by atoms with Gasteiger partial charge in [0.2, 0.25) is 0 Å². The normalized spacial score (nSPS) is 11.2. The molecule has 0 saturated carbocycles. The number of fused-ring (bicyclic) bond motifs is 1. The number of H-pyrrole nitrogens is 1. The van der Waals surface area contributed by atoms with E-state index in [1.807, 2.05) is 19.0 Å². The average molecular weight is 319 g/mol. The summed E-state index contributed by atoms with van der Waals surface area (Å²) < 4.78 is 3.13. The molecule has 3 rings (SSSR count). The van der Waals surface area contributed by atoms with Gasteiger partial charge in [0, 0.05) is 43.8 Å². The zero-order chi connectivity index (χ0) is 13.6. The van der Waals surface area contributed by atoms with E-state index in [0.29, 0.717) is 0 Å². The maximum atomic E-state index is 4.35. The molecule has 0 radical (unpaired) electrons. The Hall–Kier alpha value is -1.75. The molecule has 2 heterocycles. The second kappa shape index (κ2) is 4.42. The van der Waals surface area contributed by atoms with Crippen molar-refractivity contribution in [2.45, 2.75) is 0 Å². The fourth-order valence-corrected chi connectivity index (χ4v) is 3.08. The number of halogens is 1. The number of hydrogen-bond acceptors (Lipinski definition) is 2. The summed E-state index contributed by atoms with van der Waals surface area (Å²) in [4.78, 5) is 1.98. The quantitative estimate of drug-likeness (QED) is 0.786. The van der Waals surface area contributed by atoms with Crippen LogP contribution in [-0.4, -0.2) is 28.9 Å². The van der Waals surface area contributed by atoms with Crippen LogP contribution >= 0.6 is 15.9 Å². The summed E-state index contributed by atoms with van der Waals surface area (Å²) >= 11 is 3.64. The number of nitrogens with one attached hydrogen (secondary N) is 1. The van der Waals surface area contributed by atoms with Crippen molar-refractivity contribution in [2.24, 2.45) is 7.05 Å². The molecule has 0 unspecified atom stereocenters. The number of benzene rings is 1. The average Bonchev–Trinajstić information content (AvgIpc) is 2.91. The van der Waals surface area contributed by atoms with E-state index in [1.54, 1.807) is 0 Å². The van der Waals surface area contributed by atoms with Crippen LogP contribution in [0.4, 0.5) is 5.82 Å². The molecule has 1 N–H and O–H groups in total. The first-order valence-electron chi connectivity index (χ1n) is 6.05. The molecule has 0 atom stereocenters. The molecule has 98 valence electrons. The lowest BCUT2D eigenvalue weighted by molar-refractivity contribution is 0.968. The van der Waals surface area contributed by atoms with Crippen LogP contribution in [0.15, 0.2) is 34.9 Å². The molecule has 0 amide bonds. The van der Waals surface area contributed by atoms with Crippen LogP contribution < -0.4 is 4.90 Å². The number of rotatable bonds is 2. The Morgan fingerprint density at radius 2 is 2.00 bits per heavy atom. The summed E-state index contributed by atoms with van der Waals surface area (Å²) in [5.74, 6) is 0.905. The van der Waals surface area contributed by atoms with Crippen molar-refractivity contribution in [2.75, 3.05) is 19.0 Å². The minimum Gasteiger partial charge on any atom is -0.360 e. The highest BCUT2D eigenvalue weighted by atomic mass is 79.9. The first-order chi connectivity index (χ1) is 9.09. The van der Waals surface area contributed by atoms with Gasteiger partial charge in [0.15, 0.2) is 5.82 Å². The van der Waals surface area contributed by atoms with Gasteiger partial charge in [-0.15, -0.1) is 0 Å². The summed E-state index contributed by atoms with van der Waals surface area (Å²) in [5, 5.41) is 8.70. The van der Waals surface area contributed by atoms with E-state index in [9.17, 15) is 0 Å². The molecule has 0 saturated heterocycles. The Morgan fingerprint density at radius 1 is 1.26 bits per heavy atom. The molecular formula is C14H15BrN4. The predicted octanol–water partition coefficient (Wildman–Crippen LogP) is 3.40. The Kier molecular flexibility index (Phi) is 2.86. The lowest BCUT2D eigenvalue weighted by Crippen LogP contribution is -2.09. The SMILES string of the molecule is CN(C)c1n[nH]c(-c2cn(C)c3ccccc23)c1Br. The zero-order valence-electron chi connectivity index (χ0n) is 11.1. The van der Waals surface area contributed by atoms with Crippen LogP contribution in [0, 0.1) is 0 Å². The van der Waals surface area contributed by atoms with E-state index in [0.717, 1.165) is 21.5 Å². The van der Waals surface area contributed by atoms with E-state index in [4.69, 9.17) is 0 Å². The zero-order valence-corrected chi connectivity index (χ0v) is 12.7. The molecule has 5 heteroatoms. The van der Waals surface area contributed by atoms with E-state index < -0.39 is 0 Å². The van der Waals surface area contributed by atoms with Gasteiger partial charge in [-0.3, -0.25) is 5.10 Å². The highest BCUT2D eigenvalue weighted by Crippen LogP contribution is 2.37. The summed E-state index contributed by atoms with van der Waals surface area (Å²) in [6.07, 6.45) is 2.13. The second-order valence-electron chi connectivity index (χ2n) is 4.80. The third-order valence-electron chi connectivity index (χ3n) is 3.28. The van der Waals surface area contributed by atoms with E-state index in [-0.39, 0.29) is 0 Å². The van der Waals surface area contributed by atoms with Gasteiger partial charge in [0.1, 0.15) is 0 Å². The third-order valence-corrected chi connectivity index (χ3v) is 4.03. The first kappa shape index (κ1) is 12.3. The molecule has 1 aromatic carbocycles.